The number of hydrogen-bond donors (Lipinski definition) is 1. The average molecular weight is 480 g/mol. The first kappa shape index (κ1) is 22.3. The normalized spacial score (nSPS) is 13.8. The van der Waals surface area contributed by atoms with Crippen LogP contribution in [0.15, 0.2) is 87.7 Å². The Bertz CT molecular complexity index is 1710. The summed E-state index contributed by atoms with van der Waals surface area (Å²) in [6.07, 6.45) is 5.67. The maximum atomic E-state index is 14.7. The first-order valence-corrected chi connectivity index (χ1v) is 12.2. The number of furan rings is 1. The molecule has 1 unspecified atom stereocenters. The first-order valence-electron chi connectivity index (χ1n) is 12.2. The topological polar surface area (TPSA) is 60.1 Å². The fraction of sp³-hybridized carbons (Fsp3) is 0.200. The van der Waals surface area contributed by atoms with Gasteiger partial charge in [0.25, 0.3) is 5.56 Å². The van der Waals surface area contributed by atoms with Crippen molar-refractivity contribution in [3.8, 4) is 11.4 Å². The van der Waals surface area contributed by atoms with Crippen molar-refractivity contribution >= 4 is 27.6 Å². The SMILES string of the molecule is Cc1ccc(F)c(-c2ncc(NC(C)c3ccc4oc5ccccc5c4c3)c(=O)n2CC=C2CC2)c1. The van der Waals surface area contributed by atoms with Gasteiger partial charge in [-0.05, 0) is 62.6 Å². The Morgan fingerprint density at radius 2 is 1.89 bits per heavy atom. The number of benzene rings is 3. The number of aryl methyl sites for hydroxylation is 1. The van der Waals surface area contributed by atoms with Crippen LogP contribution in [0.1, 0.15) is 36.9 Å². The second-order valence-corrected chi connectivity index (χ2v) is 9.48. The first-order chi connectivity index (χ1) is 17.5. The molecule has 1 N–H and O–H groups in total. The minimum absolute atomic E-state index is 0.158. The van der Waals surface area contributed by atoms with E-state index in [-0.39, 0.29) is 11.6 Å². The van der Waals surface area contributed by atoms with Crippen LogP contribution in [-0.4, -0.2) is 9.55 Å². The van der Waals surface area contributed by atoms with Gasteiger partial charge in [0, 0.05) is 23.4 Å². The molecule has 1 aliphatic rings. The van der Waals surface area contributed by atoms with Crippen molar-refractivity contribution in [2.75, 3.05) is 5.32 Å². The number of hydrogen-bond acceptors (Lipinski definition) is 4. The molecule has 1 atom stereocenters. The summed E-state index contributed by atoms with van der Waals surface area (Å²) in [7, 11) is 0. The van der Waals surface area contributed by atoms with Crippen LogP contribution >= 0.6 is 0 Å². The zero-order valence-electron chi connectivity index (χ0n) is 20.2. The Labute approximate surface area is 207 Å². The Kier molecular flexibility index (Phi) is 5.44. The van der Waals surface area contributed by atoms with Crippen molar-refractivity contribution in [3.63, 3.8) is 0 Å². The van der Waals surface area contributed by atoms with E-state index >= 15 is 0 Å². The molecule has 0 radical (unpaired) electrons. The molecule has 5 nitrogen and oxygen atoms in total. The van der Waals surface area contributed by atoms with Crippen LogP contribution < -0.4 is 10.9 Å². The third kappa shape index (κ3) is 4.09. The minimum atomic E-state index is -0.393. The second-order valence-electron chi connectivity index (χ2n) is 9.48. The Morgan fingerprint density at radius 3 is 2.72 bits per heavy atom. The van der Waals surface area contributed by atoms with E-state index in [0.29, 0.717) is 23.6 Å². The molecule has 2 aromatic heterocycles. The summed E-state index contributed by atoms with van der Waals surface area (Å²) in [6.45, 7) is 4.27. The van der Waals surface area contributed by atoms with E-state index in [9.17, 15) is 9.18 Å². The van der Waals surface area contributed by atoms with Gasteiger partial charge < -0.3 is 9.73 Å². The molecule has 1 aliphatic carbocycles. The molecule has 180 valence electrons. The van der Waals surface area contributed by atoms with Gasteiger partial charge in [0.15, 0.2) is 0 Å². The van der Waals surface area contributed by atoms with Gasteiger partial charge >= 0.3 is 0 Å². The fourth-order valence-corrected chi connectivity index (χ4v) is 4.61. The molecular formula is C30H26FN3O2. The standard InChI is InChI=1S/C30H26FN3O2/c1-18-7-11-25(31)24(15-18)29-32-17-26(30(35)34(29)14-13-20-8-9-20)33-19(2)21-10-12-28-23(16-21)22-5-3-4-6-27(22)36-28/h3-7,10-13,15-17,19,33H,8-9,14H2,1-2H3. The van der Waals surface area contributed by atoms with E-state index in [1.165, 1.54) is 17.8 Å². The lowest BCUT2D eigenvalue weighted by Crippen LogP contribution is -2.27. The van der Waals surface area contributed by atoms with Crippen LogP contribution in [0.2, 0.25) is 0 Å². The quantitative estimate of drug-likeness (QED) is 0.263. The zero-order valence-corrected chi connectivity index (χ0v) is 20.2. The summed E-state index contributed by atoms with van der Waals surface area (Å²) in [6, 6.07) is 18.7. The molecule has 3 aromatic carbocycles. The Balaban J connectivity index is 1.37. The largest absolute Gasteiger partial charge is 0.456 e. The summed E-state index contributed by atoms with van der Waals surface area (Å²) >= 11 is 0. The van der Waals surface area contributed by atoms with Gasteiger partial charge in [-0.2, -0.15) is 0 Å². The highest BCUT2D eigenvalue weighted by atomic mass is 19.1. The van der Waals surface area contributed by atoms with Crippen molar-refractivity contribution in [1.29, 1.82) is 0 Å². The fourth-order valence-electron chi connectivity index (χ4n) is 4.61. The maximum Gasteiger partial charge on any atom is 0.277 e. The van der Waals surface area contributed by atoms with Gasteiger partial charge in [-0.25, -0.2) is 9.37 Å². The van der Waals surface area contributed by atoms with Crippen LogP contribution in [0.25, 0.3) is 33.3 Å². The lowest BCUT2D eigenvalue weighted by molar-refractivity contribution is 0.625. The highest BCUT2D eigenvalue weighted by Gasteiger charge is 2.18. The number of fused-ring (bicyclic) bond motifs is 3. The number of aromatic nitrogens is 2. The molecule has 1 fully saturated rings. The number of rotatable bonds is 6. The van der Waals surface area contributed by atoms with Gasteiger partial charge in [0.2, 0.25) is 0 Å². The molecule has 0 bridgehead atoms. The molecule has 1 saturated carbocycles. The van der Waals surface area contributed by atoms with Crippen LogP contribution in [0, 0.1) is 12.7 Å². The number of para-hydroxylation sites is 1. The molecule has 0 aliphatic heterocycles. The van der Waals surface area contributed by atoms with Gasteiger partial charge in [-0.15, -0.1) is 0 Å². The monoisotopic (exact) mass is 479 g/mol. The Hall–Kier alpha value is -4.19. The summed E-state index contributed by atoms with van der Waals surface area (Å²) in [5, 5.41) is 5.43. The number of halogens is 1. The molecule has 36 heavy (non-hydrogen) atoms. The summed E-state index contributed by atoms with van der Waals surface area (Å²) < 4.78 is 22.2. The van der Waals surface area contributed by atoms with E-state index in [1.54, 1.807) is 16.7 Å². The predicted molar refractivity (Wildman–Crippen MR) is 142 cm³/mol. The molecule has 0 saturated heterocycles. The summed E-state index contributed by atoms with van der Waals surface area (Å²) in [5.74, 6) is -0.0572. The van der Waals surface area contributed by atoms with E-state index < -0.39 is 5.82 Å². The van der Waals surface area contributed by atoms with Crippen LogP contribution in [-0.2, 0) is 6.54 Å². The van der Waals surface area contributed by atoms with Gasteiger partial charge in [0.1, 0.15) is 28.5 Å². The van der Waals surface area contributed by atoms with Gasteiger partial charge in [-0.1, -0.05) is 47.5 Å². The van der Waals surface area contributed by atoms with E-state index in [4.69, 9.17) is 4.42 Å². The van der Waals surface area contributed by atoms with Crippen molar-refractivity contribution in [3.05, 3.63) is 106 Å². The maximum absolute atomic E-state index is 14.7. The van der Waals surface area contributed by atoms with Crippen molar-refractivity contribution in [2.45, 2.75) is 39.3 Å². The minimum Gasteiger partial charge on any atom is -0.456 e. The number of nitrogens with zero attached hydrogens (tertiary/aromatic N) is 2. The lowest BCUT2D eigenvalue weighted by atomic mass is 10.0. The van der Waals surface area contributed by atoms with E-state index in [2.05, 4.69) is 16.4 Å². The van der Waals surface area contributed by atoms with Crippen LogP contribution in [0.4, 0.5) is 10.1 Å². The van der Waals surface area contributed by atoms with Crippen molar-refractivity contribution in [2.24, 2.45) is 0 Å². The predicted octanol–water partition coefficient (Wildman–Crippen LogP) is 7.15. The average Bonchev–Trinajstić information content (AvgIpc) is 3.64. The summed E-state index contributed by atoms with van der Waals surface area (Å²) in [5.41, 5.74) is 5.41. The third-order valence-electron chi connectivity index (χ3n) is 6.78. The second kappa shape index (κ2) is 8.79. The molecule has 2 heterocycles. The molecule has 0 amide bonds. The number of allylic oxidation sites excluding steroid dienone is 2. The van der Waals surface area contributed by atoms with Crippen molar-refractivity contribution < 1.29 is 8.81 Å². The molecule has 0 spiro atoms. The highest BCUT2D eigenvalue weighted by Crippen LogP contribution is 2.32. The molecule has 6 rings (SSSR count). The molecular weight excluding hydrogens is 453 g/mol. The summed E-state index contributed by atoms with van der Waals surface area (Å²) in [4.78, 5) is 18.2. The molecule has 6 heteroatoms. The van der Waals surface area contributed by atoms with Gasteiger partial charge in [0.05, 0.1) is 11.8 Å². The smallest absolute Gasteiger partial charge is 0.277 e. The Morgan fingerprint density at radius 1 is 1.08 bits per heavy atom. The van der Waals surface area contributed by atoms with E-state index in [1.807, 2.05) is 56.3 Å². The van der Waals surface area contributed by atoms with E-state index in [0.717, 1.165) is 45.9 Å². The highest BCUT2D eigenvalue weighted by molar-refractivity contribution is 6.05. The third-order valence-corrected chi connectivity index (χ3v) is 6.78. The van der Waals surface area contributed by atoms with Crippen molar-refractivity contribution in [1.82, 2.24) is 9.55 Å². The van der Waals surface area contributed by atoms with Crippen LogP contribution in [0.3, 0.4) is 0 Å². The number of anilines is 1. The number of nitrogens with one attached hydrogen (secondary N) is 1. The molecule has 5 aromatic rings. The van der Waals surface area contributed by atoms with Gasteiger partial charge in [-0.3, -0.25) is 9.36 Å². The lowest BCUT2D eigenvalue weighted by Gasteiger charge is -2.18. The zero-order chi connectivity index (χ0) is 24.8. The van der Waals surface area contributed by atoms with Crippen LogP contribution in [0.5, 0.6) is 0 Å².